The lowest BCUT2D eigenvalue weighted by molar-refractivity contribution is -0.0589. The van der Waals surface area contributed by atoms with Crippen LogP contribution in [-0.2, 0) is 24.3 Å². The molecule has 0 unspecified atom stereocenters. The van der Waals surface area contributed by atoms with E-state index in [1.54, 1.807) is 10.6 Å². The molecule has 1 N–H and O–H groups in total. The molecule has 0 bridgehead atoms. The number of nitrogens with zero attached hydrogens (tertiary/aromatic N) is 3. The van der Waals surface area contributed by atoms with Crippen molar-refractivity contribution in [3.8, 4) is 17.1 Å². The number of benzene rings is 3. The third-order valence-electron chi connectivity index (χ3n) is 7.44. The van der Waals surface area contributed by atoms with Gasteiger partial charge in [-0.2, -0.15) is 0 Å². The highest BCUT2D eigenvalue weighted by Crippen LogP contribution is 2.29. The third kappa shape index (κ3) is 5.98. The van der Waals surface area contributed by atoms with Gasteiger partial charge in [0, 0.05) is 35.8 Å². The number of carboxylic acid groups (broad SMARTS) is 1. The average Bonchev–Trinajstić information content (AvgIpc) is 3.31. The van der Waals surface area contributed by atoms with Crippen LogP contribution >= 0.6 is 0 Å². The van der Waals surface area contributed by atoms with Gasteiger partial charge in [-0.3, -0.25) is 0 Å². The van der Waals surface area contributed by atoms with Gasteiger partial charge in [0.2, 0.25) is 5.88 Å². The first kappa shape index (κ1) is 29.2. The quantitative estimate of drug-likeness (QED) is 0.170. The molecule has 6 rings (SSSR count). The number of alkyl halides is 2. The van der Waals surface area contributed by atoms with Gasteiger partial charge in [0.25, 0.3) is 6.43 Å². The maximum atomic E-state index is 15.4. The molecule has 0 aliphatic carbocycles. The van der Waals surface area contributed by atoms with Gasteiger partial charge in [-0.05, 0) is 54.4 Å². The van der Waals surface area contributed by atoms with E-state index in [1.807, 2.05) is 0 Å². The molecular formula is C32H24F5N3O4. The van der Waals surface area contributed by atoms with Crippen molar-refractivity contribution in [2.24, 2.45) is 0 Å². The summed E-state index contributed by atoms with van der Waals surface area (Å²) in [5, 5.41) is 9.44. The van der Waals surface area contributed by atoms with Crippen LogP contribution in [0.4, 0.5) is 22.0 Å². The van der Waals surface area contributed by atoms with Crippen LogP contribution in [0.5, 0.6) is 5.88 Å². The van der Waals surface area contributed by atoms with E-state index in [1.165, 1.54) is 36.4 Å². The van der Waals surface area contributed by atoms with Crippen molar-refractivity contribution in [1.82, 2.24) is 14.5 Å². The topological polar surface area (TPSA) is 86.5 Å². The maximum absolute atomic E-state index is 15.4. The number of halogens is 5. The molecule has 226 valence electrons. The standard InChI is InChI=1S/C32H24F5N3O4/c33-23-10-17(31(36)37)4-5-19(23)16-44-30-3-1-2-26(39-30)22-14-24(34)20(11-25(22)35)13-29-38-27-7-6-18(32(41)42)12-28(27)40(29)15-21-8-9-43-21/h1-7,10-12,14,21,31H,8-9,13,15-16H2,(H,41,42)/t21-/m0/s1. The number of aromatic nitrogens is 3. The molecule has 0 spiro atoms. The van der Waals surface area contributed by atoms with Gasteiger partial charge in [0.1, 0.15) is 29.9 Å². The molecular weight excluding hydrogens is 585 g/mol. The summed E-state index contributed by atoms with van der Waals surface area (Å²) in [5.74, 6) is -3.00. The lowest BCUT2D eigenvalue weighted by atomic mass is 10.0. The van der Waals surface area contributed by atoms with Gasteiger partial charge in [-0.1, -0.05) is 18.2 Å². The lowest BCUT2D eigenvalue weighted by Crippen LogP contribution is -2.31. The molecule has 12 heteroatoms. The van der Waals surface area contributed by atoms with E-state index in [2.05, 4.69) is 9.97 Å². The number of fused-ring (bicyclic) bond motifs is 1. The first-order valence-electron chi connectivity index (χ1n) is 13.6. The van der Waals surface area contributed by atoms with Gasteiger partial charge in [0.05, 0.1) is 34.9 Å². The molecule has 0 radical (unpaired) electrons. The van der Waals surface area contributed by atoms with E-state index < -0.39 is 35.4 Å². The van der Waals surface area contributed by atoms with Crippen molar-refractivity contribution in [1.29, 1.82) is 0 Å². The smallest absolute Gasteiger partial charge is 0.335 e. The second-order valence-corrected chi connectivity index (χ2v) is 10.3. The highest BCUT2D eigenvalue weighted by molar-refractivity contribution is 5.92. The van der Waals surface area contributed by atoms with E-state index in [4.69, 9.17) is 9.47 Å². The predicted molar refractivity (Wildman–Crippen MR) is 149 cm³/mol. The minimum absolute atomic E-state index is 0.00335. The average molecular weight is 610 g/mol. The van der Waals surface area contributed by atoms with Gasteiger partial charge in [0.15, 0.2) is 0 Å². The number of aromatic carboxylic acids is 1. The van der Waals surface area contributed by atoms with Crippen LogP contribution in [0, 0.1) is 17.5 Å². The molecule has 1 aliphatic heterocycles. The largest absolute Gasteiger partial charge is 0.478 e. The van der Waals surface area contributed by atoms with Crippen molar-refractivity contribution in [3.05, 3.63) is 112 Å². The second-order valence-electron chi connectivity index (χ2n) is 10.3. The number of carboxylic acids is 1. The van der Waals surface area contributed by atoms with Crippen LogP contribution in [-0.4, -0.2) is 38.3 Å². The number of ether oxygens (including phenoxy) is 2. The minimum Gasteiger partial charge on any atom is -0.478 e. The highest BCUT2D eigenvalue weighted by Gasteiger charge is 2.24. The maximum Gasteiger partial charge on any atom is 0.335 e. The Kier molecular flexibility index (Phi) is 8.00. The molecule has 3 aromatic carbocycles. The molecule has 1 saturated heterocycles. The van der Waals surface area contributed by atoms with Gasteiger partial charge in [-0.25, -0.2) is 36.7 Å². The van der Waals surface area contributed by atoms with Crippen LogP contribution in [0.2, 0.25) is 0 Å². The zero-order valence-electron chi connectivity index (χ0n) is 22.9. The number of hydrogen-bond donors (Lipinski definition) is 1. The zero-order chi connectivity index (χ0) is 31.0. The Labute approximate surface area is 247 Å². The SMILES string of the molecule is O=C(O)c1ccc2nc(Cc3cc(F)c(-c4cccc(OCc5ccc(C(F)F)cc5F)n4)cc3F)n(C[C@@H]3CCO3)c2c1. The third-order valence-corrected chi connectivity index (χ3v) is 7.44. The molecule has 3 heterocycles. The summed E-state index contributed by atoms with van der Waals surface area (Å²) in [6, 6.07) is 14.0. The molecule has 0 amide bonds. The Bertz CT molecular complexity index is 1870. The van der Waals surface area contributed by atoms with Crippen molar-refractivity contribution in [2.75, 3.05) is 6.61 Å². The van der Waals surface area contributed by atoms with Gasteiger partial charge < -0.3 is 19.1 Å². The number of hydrogen-bond acceptors (Lipinski definition) is 5. The van der Waals surface area contributed by atoms with E-state index in [9.17, 15) is 23.1 Å². The summed E-state index contributed by atoms with van der Waals surface area (Å²) < 4.78 is 83.5. The van der Waals surface area contributed by atoms with Crippen LogP contribution in [0.15, 0.2) is 66.7 Å². The molecule has 5 aromatic rings. The number of rotatable bonds is 10. The molecule has 0 saturated carbocycles. The summed E-state index contributed by atoms with van der Waals surface area (Å²) in [5.41, 5.74) is 0.690. The zero-order valence-corrected chi connectivity index (χ0v) is 22.9. The van der Waals surface area contributed by atoms with Gasteiger partial charge >= 0.3 is 5.97 Å². The van der Waals surface area contributed by atoms with E-state index in [0.29, 0.717) is 30.0 Å². The van der Waals surface area contributed by atoms with Crippen LogP contribution in [0.3, 0.4) is 0 Å². The molecule has 1 fully saturated rings. The Hall–Kier alpha value is -4.84. The minimum atomic E-state index is -2.81. The fraction of sp³-hybridized carbons (Fsp3) is 0.219. The monoisotopic (exact) mass is 609 g/mol. The Morgan fingerprint density at radius 3 is 2.48 bits per heavy atom. The predicted octanol–water partition coefficient (Wildman–Crippen LogP) is 7.11. The van der Waals surface area contributed by atoms with Gasteiger partial charge in [-0.15, -0.1) is 0 Å². The Morgan fingerprint density at radius 1 is 0.977 bits per heavy atom. The second kappa shape index (κ2) is 12.0. The van der Waals surface area contributed by atoms with Crippen LogP contribution < -0.4 is 4.74 Å². The fourth-order valence-electron chi connectivity index (χ4n) is 4.98. The molecule has 2 aromatic heterocycles. The van der Waals surface area contributed by atoms with E-state index >= 15 is 8.78 Å². The molecule has 1 atom stereocenters. The van der Waals surface area contributed by atoms with E-state index in [-0.39, 0.29) is 53.0 Å². The Morgan fingerprint density at radius 2 is 1.77 bits per heavy atom. The number of pyridine rings is 1. The highest BCUT2D eigenvalue weighted by atomic mass is 19.3. The lowest BCUT2D eigenvalue weighted by Gasteiger charge is -2.27. The van der Waals surface area contributed by atoms with E-state index in [0.717, 1.165) is 30.7 Å². The van der Waals surface area contributed by atoms with Crippen LogP contribution in [0.1, 0.15) is 45.7 Å². The van der Waals surface area contributed by atoms with Crippen molar-refractivity contribution >= 4 is 17.0 Å². The first-order valence-corrected chi connectivity index (χ1v) is 13.6. The fourth-order valence-corrected chi connectivity index (χ4v) is 4.98. The summed E-state index contributed by atoms with van der Waals surface area (Å²) in [6.07, 6.45) is -2.17. The van der Waals surface area contributed by atoms with Crippen molar-refractivity contribution < 1.29 is 41.3 Å². The van der Waals surface area contributed by atoms with Crippen LogP contribution in [0.25, 0.3) is 22.3 Å². The normalized spacial score (nSPS) is 14.6. The summed E-state index contributed by atoms with van der Waals surface area (Å²) in [6.45, 7) is 0.677. The number of carbonyl (C=O) groups is 1. The molecule has 7 nitrogen and oxygen atoms in total. The first-order chi connectivity index (χ1) is 21.2. The molecule has 1 aliphatic rings. The van der Waals surface area contributed by atoms with Crippen molar-refractivity contribution in [3.63, 3.8) is 0 Å². The summed E-state index contributed by atoms with van der Waals surface area (Å²) in [4.78, 5) is 20.3. The number of imidazole rings is 1. The summed E-state index contributed by atoms with van der Waals surface area (Å²) >= 11 is 0. The molecule has 44 heavy (non-hydrogen) atoms. The Balaban J connectivity index is 1.25. The summed E-state index contributed by atoms with van der Waals surface area (Å²) in [7, 11) is 0. The van der Waals surface area contributed by atoms with Crippen molar-refractivity contribution in [2.45, 2.75) is 38.5 Å².